The summed E-state index contributed by atoms with van der Waals surface area (Å²) in [6.45, 7) is -1.30. The van der Waals surface area contributed by atoms with Crippen molar-refractivity contribution in [2.45, 2.75) is 12.7 Å². The lowest BCUT2D eigenvalue weighted by Crippen LogP contribution is -2.18. The molecule has 0 amide bonds. The number of hydrogen-bond acceptors (Lipinski definition) is 5. The van der Waals surface area contributed by atoms with Crippen molar-refractivity contribution in [2.75, 3.05) is 7.11 Å². The lowest BCUT2D eigenvalue weighted by atomic mass is 10.1. The van der Waals surface area contributed by atoms with Crippen LogP contribution in [0.25, 0.3) is 33.1 Å². The first kappa shape index (κ1) is 17.1. The zero-order valence-corrected chi connectivity index (χ0v) is 13.9. The largest absolute Gasteiger partial charge is 0.464 e. The molecule has 1 aromatic carbocycles. The van der Waals surface area contributed by atoms with Crippen LogP contribution in [-0.2, 0) is 11.3 Å². The van der Waals surface area contributed by atoms with Gasteiger partial charge in [-0.25, -0.2) is 9.78 Å². The SMILES string of the molecule is COC(=O)c1cc2c(cn1)c(-c1coc3ccccc13)nn2CC(F)(F)F. The predicted molar refractivity (Wildman–Crippen MR) is 90.1 cm³/mol. The Bertz CT molecular complexity index is 1160. The zero-order valence-electron chi connectivity index (χ0n) is 13.9. The smallest absolute Gasteiger partial charge is 0.408 e. The quantitative estimate of drug-likeness (QED) is 0.502. The molecule has 4 rings (SSSR count). The number of esters is 1. The van der Waals surface area contributed by atoms with Crippen molar-refractivity contribution in [3.8, 4) is 11.3 Å². The molecule has 27 heavy (non-hydrogen) atoms. The van der Waals surface area contributed by atoms with Gasteiger partial charge < -0.3 is 9.15 Å². The number of rotatable bonds is 3. The molecule has 0 fully saturated rings. The van der Waals surface area contributed by atoms with Crippen molar-refractivity contribution in [1.82, 2.24) is 14.8 Å². The summed E-state index contributed by atoms with van der Waals surface area (Å²) in [7, 11) is 1.17. The van der Waals surface area contributed by atoms with Crippen LogP contribution in [0.2, 0.25) is 0 Å². The topological polar surface area (TPSA) is 70.2 Å². The van der Waals surface area contributed by atoms with Crippen LogP contribution >= 0.6 is 0 Å². The Balaban J connectivity index is 1.97. The summed E-state index contributed by atoms with van der Waals surface area (Å²) < 4.78 is 49.9. The molecule has 6 nitrogen and oxygen atoms in total. The van der Waals surface area contributed by atoms with Crippen molar-refractivity contribution < 1.29 is 27.1 Å². The van der Waals surface area contributed by atoms with Crippen molar-refractivity contribution in [2.24, 2.45) is 0 Å². The molecule has 3 aromatic heterocycles. The van der Waals surface area contributed by atoms with Crippen molar-refractivity contribution in [3.63, 3.8) is 0 Å². The van der Waals surface area contributed by atoms with E-state index in [-0.39, 0.29) is 11.2 Å². The lowest BCUT2D eigenvalue weighted by Gasteiger charge is -2.07. The minimum atomic E-state index is -4.48. The second-order valence-electron chi connectivity index (χ2n) is 5.85. The fraction of sp³-hybridized carbons (Fsp3) is 0.167. The van der Waals surface area contributed by atoms with E-state index in [0.717, 1.165) is 4.68 Å². The minimum Gasteiger partial charge on any atom is -0.464 e. The van der Waals surface area contributed by atoms with Crippen LogP contribution in [0, 0.1) is 0 Å². The van der Waals surface area contributed by atoms with Gasteiger partial charge in [-0.1, -0.05) is 18.2 Å². The van der Waals surface area contributed by atoms with Gasteiger partial charge in [-0.15, -0.1) is 0 Å². The van der Waals surface area contributed by atoms with Crippen LogP contribution in [0.3, 0.4) is 0 Å². The molecule has 0 saturated carbocycles. The number of carbonyl (C=O) groups excluding carboxylic acids is 1. The second-order valence-corrected chi connectivity index (χ2v) is 5.85. The van der Waals surface area contributed by atoms with E-state index in [1.807, 2.05) is 0 Å². The number of benzene rings is 1. The van der Waals surface area contributed by atoms with E-state index in [1.54, 1.807) is 24.3 Å². The van der Waals surface area contributed by atoms with Gasteiger partial charge in [-0.05, 0) is 12.1 Å². The average molecular weight is 375 g/mol. The number of hydrogen-bond donors (Lipinski definition) is 0. The highest BCUT2D eigenvalue weighted by molar-refractivity contribution is 6.03. The van der Waals surface area contributed by atoms with E-state index in [4.69, 9.17) is 4.42 Å². The maximum atomic E-state index is 13.0. The van der Waals surface area contributed by atoms with Crippen LogP contribution in [0.4, 0.5) is 13.2 Å². The molecule has 0 N–H and O–H groups in total. The number of carbonyl (C=O) groups is 1. The normalized spacial score (nSPS) is 12.0. The van der Waals surface area contributed by atoms with Gasteiger partial charge in [0.15, 0.2) is 5.69 Å². The van der Waals surface area contributed by atoms with Gasteiger partial charge in [0.25, 0.3) is 0 Å². The van der Waals surface area contributed by atoms with E-state index in [9.17, 15) is 18.0 Å². The first-order chi connectivity index (χ1) is 12.9. The molecule has 138 valence electrons. The monoisotopic (exact) mass is 375 g/mol. The molecule has 9 heteroatoms. The van der Waals surface area contributed by atoms with Crippen LogP contribution in [0.5, 0.6) is 0 Å². The second kappa shape index (κ2) is 6.11. The lowest BCUT2D eigenvalue weighted by molar-refractivity contribution is -0.141. The number of methoxy groups -OCH3 is 1. The van der Waals surface area contributed by atoms with E-state index in [2.05, 4.69) is 14.8 Å². The molecule has 0 aliphatic rings. The summed E-state index contributed by atoms with van der Waals surface area (Å²) in [6.07, 6.45) is -1.72. The number of aromatic nitrogens is 3. The number of furan rings is 1. The Hall–Kier alpha value is -3.36. The molecule has 0 saturated heterocycles. The number of para-hydroxylation sites is 1. The molecule has 0 atom stereocenters. The van der Waals surface area contributed by atoms with Crippen molar-refractivity contribution in [3.05, 3.63) is 48.5 Å². The Labute approximate surface area is 150 Å². The van der Waals surface area contributed by atoms with Gasteiger partial charge in [0, 0.05) is 22.5 Å². The van der Waals surface area contributed by atoms with Crippen LogP contribution < -0.4 is 0 Å². The fourth-order valence-corrected chi connectivity index (χ4v) is 2.94. The van der Waals surface area contributed by atoms with Gasteiger partial charge in [0.05, 0.1) is 12.6 Å². The molecule has 3 heterocycles. The molecule has 0 aliphatic heterocycles. The third-order valence-corrected chi connectivity index (χ3v) is 4.10. The Morgan fingerprint density at radius 2 is 2.04 bits per heavy atom. The Morgan fingerprint density at radius 3 is 2.78 bits per heavy atom. The summed E-state index contributed by atoms with van der Waals surface area (Å²) >= 11 is 0. The molecular formula is C18H12F3N3O3. The van der Waals surface area contributed by atoms with Crippen molar-refractivity contribution in [1.29, 1.82) is 0 Å². The molecule has 0 bridgehead atoms. The molecular weight excluding hydrogens is 363 g/mol. The summed E-state index contributed by atoms with van der Waals surface area (Å²) in [5, 5.41) is 5.23. The maximum absolute atomic E-state index is 13.0. The van der Waals surface area contributed by atoms with Crippen LogP contribution in [0.1, 0.15) is 10.5 Å². The highest BCUT2D eigenvalue weighted by Crippen LogP contribution is 2.35. The first-order valence-electron chi connectivity index (χ1n) is 7.85. The summed E-state index contributed by atoms with van der Waals surface area (Å²) in [5.74, 6) is -0.744. The highest BCUT2D eigenvalue weighted by Gasteiger charge is 2.30. The van der Waals surface area contributed by atoms with Gasteiger partial charge in [-0.2, -0.15) is 18.3 Å². The van der Waals surface area contributed by atoms with E-state index < -0.39 is 18.7 Å². The molecule has 0 unspecified atom stereocenters. The zero-order chi connectivity index (χ0) is 19.2. The molecule has 4 aromatic rings. The highest BCUT2D eigenvalue weighted by atomic mass is 19.4. The molecule has 0 aliphatic carbocycles. The number of fused-ring (bicyclic) bond motifs is 2. The summed E-state index contributed by atoms with van der Waals surface area (Å²) in [4.78, 5) is 15.7. The number of nitrogens with zero attached hydrogens (tertiary/aromatic N) is 3. The van der Waals surface area contributed by atoms with E-state index in [0.29, 0.717) is 27.6 Å². The standard InChI is InChI=1S/C18H12F3N3O3/c1-26-17(25)13-6-14-11(7-22-13)16(23-24(14)9-18(19,20)21)12-8-27-15-5-3-2-4-10(12)15/h2-8H,9H2,1H3. The van der Waals surface area contributed by atoms with Crippen LogP contribution in [-0.4, -0.2) is 34.0 Å². The predicted octanol–water partition coefficient (Wildman–Crippen LogP) is 4.19. The maximum Gasteiger partial charge on any atom is 0.408 e. The molecule has 0 spiro atoms. The van der Waals surface area contributed by atoms with Crippen LogP contribution in [0.15, 0.2) is 47.2 Å². The number of halogens is 3. The molecule has 0 radical (unpaired) electrons. The van der Waals surface area contributed by atoms with Gasteiger partial charge >= 0.3 is 12.1 Å². The van der Waals surface area contributed by atoms with E-state index in [1.165, 1.54) is 25.6 Å². The fourth-order valence-electron chi connectivity index (χ4n) is 2.94. The van der Waals surface area contributed by atoms with Gasteiger partial charge in [-0.3, -0.25) is 4.68 Å². The number of ether oxygens (including phenoxy) is 1. The number of pyridine rings is 1. The minimum absolute atomic E-state index is 0.100. The first-order valence-corrected chi connectivity index (χ1v) is 7.85. The number of alkyl halides is 3. The van der Waals surface area contributed by atoms with Gasteiger partial charge in [0.1, 0.15) is 24.1 Å². The van der Waals surface area contributed by atoms with Crippen molar-refractivity contribution >= 4 is 27.8 Å². The third kappa shape index (κ3) is 3.01. The Morgan fingerprint density at radius 1 is 1.26 bits per heavy atom. The average Bonchev–Trinajstić information content (AvgIpc) is 3.21. The third-order valence-electron chi connectivity index (χ3n) is 4.10. The summed E-state index contributed by atoms with van der Waals surface area (Å²) in [5.41, 5.74) is 1.46. The Kier molecular flexibility index (Phi) is 3.87. The van der Waals surface area contributed by atoms with E-state index >= 15 is 0 Å². The summed E-state index contributed by atoms with van der Waals surface area (Å²) in [6, 6.07) is 8.37. The van der Waals surface area contributed by atoms with Gasteiger partial charge in [0.2, 0.25) is 0 Å².